The Morgan fingerprint density at radius 1 is 1.29 bits per heavy atom. The van der Waals surface area contributed by atoms with Gasteiger partial charge >= 0.3 is 0 Å². The normalized spacial score (nSPS) is 29.9. The molecule has 4 rings (SSSR count). The van der Waals surface area contributed by atoms with Crippen molar-refractivity contribution in [2.45, 2.75) is 56.9 Å². The third-order valence-corrected chi connectivity index (χ3v) is 5.46. The molecule has 2 heterocycles. The number of nitrogens with two attached hydrogens (primary N) is 1. The molecular formula is C17H24N4. The summed E-state index contributed by atoms with van der Waals surface area (Å²) in [6.45, 7) is 3.06. The minimum atomic E-state index is 0.0653. The van der Waals surface area contributed by atoms with Crippen LogP contribution in [0.3, 0.4) is 0 Å². The van der Waals surface area contributed by atoms with Crippen LogP contribution in [0.25, 0.3) is 11.2 Å². The summed E-state index contributed by atoms with van der Waals surface area (Å²) in [6.07, 6.45) is 9.25. The van der Waals surface area contributed by atoms with Crippen molar-refractivity contribution in [1.82, 2.24) is 14.5 Å². The number of nitrogens with zero attached hydrogens (tertiary/aromatic N) is 3. The van der Waals surface area contributed by atoms with Gasteiger partial charge in [-0.15, -0.1) is 0 Å². The van der Waals surface area contributed by atoms with Gasteiger partial charge in [-0.2, -0.15) is 0 Å². The summed E-state index contributed by atoms with van der Waals surface area (Å²) in [5.74, 6) is 2.04. The molecule has 2 aromatic heterocycles. The molecule has 2 aliphatic carbocycles. The third-order valence-electron chi connectivity index (χ3n) is 5.46. The van der Waals surface area contributed by atoms with E-state index in [-0.39, 0.29) is 5.41 Å². The van der Waals surface area contributed by atoms with Gasteiger partial charge in [-0.1, -0.05) is 6.92 Å². The number of fused-ring (bicyclic) bond motifs is 1. The van der Waals surface area contributed by atoms with Crippen molar-refractivity contribution in [2.24, 2.45) is 11.7 Å². The molecule has 0 radical (unpaired) electrons. The van der Waals surface area contributed by atoms with E-state index in [1.54, 1.807) is 0 Å². The molecule has 0 saturated heterocycles. The number of hydrogen-bond donors (Lipinski definition) is 1. The minimum absolute atomic E-state index is 0.0653. The van der Waals surface area contributed by atoms with Crippen molar-refractivity contribution < 1.29 is 0 Å². The summed E-state index contributed by atoms with van der Waals surface area (Å²) in [7, 11) is 0. The van der Waals surface area contributed by atoms with Gasteiger partial charge < -0.3 is 10.3 Å². The zero-order valence-electron chi connectivity index (χ0n) is 12.8. The smallest absolute Gasteiger partial charge is 0.160 e. The molecule has 4 heteroatoms. The topological polar surface area (TPSA) is 56.7 Å². The van der Waals surface area contributed by atoms with Gasteiger partial charge in [0.25, 0.3) is 0 Å². The summed E-state index contributed by atoms with van der Waals surface area (Å²) >= 11 is 0. The second-order valence-electron chi connectivity index (χ2n) is 7.05. The zero-order chi connectivity index (χ0) is 14.4. The van der Waals surface area contributed by atoms with Crippen LogP contribution < -0.4 is 5.73 Å². The maximum atomic E-state index is 6.25. The van der Waals surface area contributed by atoms with Gasteiger partial charge in [-0.3, -0.25) is 0 Å². The number of hydrogen-bond acceptors (Lipinski definition) is 3. The lowest BCUT2D eigenvalue weighted by Crippen LogP contribution is -2.41. The van der Waals surface area contributed by atoms with E-state index in [1.807, 2.05) is 12.3 Å². The van der Waals surface area contributed by atoms with Crippen LogP contribution in [0.5, 0.6) is 0 Å². The Bertz CT molecular complexity index is 648. The van der Waals surface area contributed by atoms with Crippen LogP contribution in [0.2, 0.25) is 0 Å². The molecule has 0 atom stereocenters. The minimum Gasteiger partial charge on any atom is -0.329 e. The molecule has 0 aliphatic heterocycles. The monoisotopic (exact) mass is 284 g/mol. The second kappa shape index (κ2) is 4.80. The second-order valence-corrected chi connectivity index (χ2v) is 7.05. The Morgan fingerprint density at radius 3 is 2.71 bits per heavy atom. The predicted molar refractivity (Wildman–Crippen MR) is 84.2 cm³/mol. The molecule has 4 nitrogen and oxygen atoms in total. The summed E-state index contributed by atoms with van der Waals surface area (Å²) in [4.78, 5) is 9.58. The van der Waals surface area contributed by atoms with Crippen LogP contribution in [-0.2, 0) is 5.41 Å². The Labute approximate surface area is 125 Å². The van der Waals surface area contributed by atoms with Gasteiger partial charge in [0.1, 0.15) is 11.3 Å². The Kier molecular flexibility index (Phi) is 3.03. The molecule has 2 aromatic rings. The van der Waals surface area contributed by atoms with E-state index >= 15 is 0 Å². The van der Waals surface area contributed by atoms with E-state index in [0.717, 1.165) is 17.1 Å². The zero-order valence-corrected chi connectivity index (χ0v) is 12.8. The van der Waals surface area contributed by atoms with Crippen LogP contribution in [0, 0.1) is 5.92 Å². The molecule has 0 bridgehead atoms. The van der Waals surface area contributed by atoms with E-state index < -0.39 is 0 Å². The lowest BCUT2D eigenvalue weighted by molar-refractivity contribution is 0.231. The fraction of sp³-hybridized carbons (Fsp3) is 0.647. The SMILES string of the molecule is CC1CCC(CN)(c2nc3cccnc3n2C2CC2)CC1. The van der Waals surface area contributed by atoms with Crippen molar-refractivity contribution in [2.75, 3.05) is 6.54 Å². The maximum Gasteiger partial charge on any atom is 0.160 e. The quantitative estimate of drug-likeness (QED) is 0.941. The van der Waals surface area contributed by atoms with E-state index in [4.69, 9.17) is 10.7 Å². The highest BCUT2D eigenvalue weighted by molar-refractivity contribution is 5.72. The standard InChI is InChI=1S/C17H24N4/c1-12-6-8-17(11-18,9-7-12)16-20-14-3-2-10-19-15(14)21(16)13-4-5-13/h2-3,10,12-13H,4-9,11,18H2,1H3. The van der Waals surface area contributed by atoms with E-state index in [9.17, 15) is 0 Å². The van der Waals surface area contributed by atoms with Crippen LogP contribution in [-0.4, -0.2) is 21.1 Å². The Hall–Kier alpha value is -1.42. The fourth-order valence-corrected chi connectivity index (χ4v) is 3.82. The van der Waals surface area contributed by atoms with Crippen LogP contribution in [0.1, 0.15) is 57.3 Å². The molecule has 2 saturated carbocycles. The van der Waals surface area contributed by atoms with Crippen LogP contribution >= 0.6 is 0 Å². The Morgan fingerprint density at radius 2 is 2.05 bits per heavy atom. The molecule has 0 aromatic carbocycles. The average molecular weight is 284 g/mol. The molecule has 2 N–H and O–H groups in total. The first-order valence-electron chi connectivity index (χ1n) is 8.27. The summed E-state index contributed by atoms with van der Waals surface area (Å²) in [6, 6.07) is 4.66. The Balaban J connectivity index is 1.86. The molecule has 0 amide bonds. The highest BCUT2D eigenvalue weighted by atomic mass is 15.2. The van der Waals surface area contributed by atoms with Crippen molar-refractivity contribution in [3.05, 3.63) is 24.2 Å². The summed E-state index contributed by atoms with van der Waals surface area (Å²) in [5, 5.41) is 0. The van der Waals surface area contributed by atoms with Gasteiger partial charge in [0.05, 0.1) is 0 Å². The number of rotatable bonds is 3. The van der Waals surface area contributed by atoms with Crippen molar-refractivity contribution >= 4 is 11.2 Å². The molecule has 0 unspecified atom stereocenters. The number of pyridine rings is 1. The van der Waals surface area contributed by atoms with Gasteiger partial charge in [0, 0.05) is 24.2 Å². The van der Waals surface area contributed by atoms with Crippen LogP contribution in [0.4, 0.5) is 0 Å². The van der Waals surface area contributed by atoms with Gasteiger partial charge in [0.2, 0.25) is 0 Å². The largest absolute Gasteiger partial charge is 0.329 e. The fourth-order valence-electron chi connectivity index (χ4n) is 3.82. The number of aromatic nitrogens is 3. The molecule has 21 heavy (non-hydrogen) atoms. The lowest BCUT2D eigenvalue weighted by Gasteiger charge is -2.38. The van der Waals surface area contributed by atoms with Crippen molar-refractivity contribution in [3.63, 3.8) is 0 Å². The first kappa shape index (κ1) is 13.3. The summed E-state index contributed by atoms with van der Waals surface area (Å²) < 4.78 is 2.41. The molecule has 2 aliphatic rings. The molecular weight excluding hydrogens is 260 g/mol. The van der Waals surface area contributed by atoms with Crippen LogP contribution in [0.15, 0.2) is 18.3 Å². The van der Waals surface area contributed by atoms with E-state index in [0.29, 0.717) is 12.6 Å². The van der Waals surface area contributed by atoms with Crippen molar-refractivity contribution in [1.29, 1.82) is 0 Å². The van der Waals surface area contributed by atoms with Gasteiger partial charge in [-0.05, 0) is 56.6 Å². The predicted octanol–water partition coefficient (Wildman–Crippen LogP) is 3.17. The van der Waals surface area contributed by atoms with E-state index in [2.05, 4.69) is 22.5 Å². The molecule has 2 fully saturated rings. The van der Waals surface area contributed by atoms with Gasteiger partial charge in [-0.25, -0.2) is 9.97 Å². The highest BCUT2D eigenvalue weighted by Gasteiger charge is 2.41. The van der Waals surface area contributed by atoms with Crippen molar-refractivity contribution in [3.8, 4) is 0 Å². The summed E-state index contributed by atoms with van der Waals surface area (Å²) in [5.41, 5.74) is 8.41. The highest BCUT2D eigenvalue weighted by Crippen LogP contribution is 2.45. The number of imidazole rings is 1. The third kappa shape index (κ3) is 2.08. The first-order valence-corrected chi connectivity index (χ1v) is 8.27. The first-order chi connectivity index (χ1) is 10.2. The molecule has 112 valence electrons. The van der Waals surface area contributed by atoms with E-state index in [1.165, 1.54) is 44.3 Å². The maximum absolute atomic E-state index is 6.25. The average Bonchev–Trinajstić information content (AvgIpc) is 3.28. The van der Waals surface area contributed by atoms with Gasteiger partial charge in [0.15, 0.2) is 5.65 Å². The lowest BCUT2D eigenvalue weighted by atomic mass is 9.70. The molecule has 0 spiro atoms.